The van der Waals surface area contributed by atoms with Crippen molar-refractivity contribution < 1.29 is 56.9 Å². The summed E-state index contributed by atoms with van der Waals surface area (Å²) in [5.41, 5.74) is 0. The van der Waals surface area contributed by atoms with E-state index in [-0.39, 0.29) is 41.8 Å². The summed E-state index contributed by atoms with van der Waals surface area (Å²) in [5.74, 6) is 0. The number of hydrogen-bond acceptors (Lipinski definition) is 4. The summed E-state index contributed by atoms with van der Waals surface area (Å²) in [6, 6.07) is 7.53. The Morgan fingerprint density at radius 2 is 1.05 bits per heavy atom. The molecule has 0 aliphatic rings. The fraction of sp³-hybridized carbons (Fsp3) is 0. The van der Waals surface area contributed by atoms with Gasteiger partial charge in [0, 0.05) is 10.8 Å². The molecule has 0 amide bonds. The van der Waals surface area contributed by atoms with E-state index < -0.39 is 30.0 Å². The van der Waals surface area contributed by atoms with Crippen molar-refractivity contribution in [1.29, 1.82) is 0 Å². The molecule has 19 heavy (non-hydrogen) atoms. The van der Waals surface area contributed by atoms with Crippen molar-refractivity contribution in [2.24, 2.45) is 0 Å². The molecule has 0 saturated heterocycles. The molecular weight excluding hydrogens is 303 g/mol. The van der Waals surface area contributed by atoms with Crippen LogP contribution in [-0.2, 0) is 20.2 Å². The van der Waals surface area contributed by atoms with Gasteiger partial charge in [-0.1, -0.05) is 24.3 Å². The van der Waals surface area contributed by atoms with Crippen LogP contribution in [0.25, 0.3) is 10.8 Å². The molecule has 9 heteroatoms. The molecule has 0 atom stereocenters. The maximum absolute atomic E-state index is 11.2. The largest absolute Gasteiger partial charge is 1.00 e. The fourth-order valence-electron chi connectivity index (χ4n) is 1.70. The predicted octanol–water partition coefficient (Wildman–Crippen LogP) is -1.55. The molecule has 0 saturated carbocycles. The minimum Gasteiger partial charge on any atom is -1.00 e. The fourth-order valence-corrected chi connectivity index (χ4v) is 3.12. The Balaban J connectivity index is 0.00000180. The molecule has 0 aromatic heterocycles. The third-order valence-corrected chi connectivity index (χ3v) is 4.22. The van der Waals surface area contributed by atoms with Crippen LogP contribution in [-0.4, -0.2) is 25.9 Å². The van der Waals surface area contributed by atoms with E-state index in [1.807, 2.05) is 0 Å². The average molecular weight is 312 g/mol. The third kappa shape index (κ3) is 3.34. The summed E-state index contributed by atoms with van der Waals surface area (Å²) in [4.78, 5) is -0.823. The zero-order valence-corrected chi connectivity index (χ0v) is 13.4. The number of rotatable bonds is 2. The van der Waals surface area contributed by atoms with Crippen LogP contribution in [0.15, 0.2) is 46.2 Å². The van der Waals surface area contributed by atoms with E-state index in [4.69, 9.17) is 9.11 Å². The molecule has 6 nitrogen and oxygen atoms in total. The minimum atomic E-state index is -4.47. The van der Waals surface area contributed by atoms with E-state index in [0.717, 1.165) is 12.1 Å². The van der Waals surface area contributed by atoms with Crippen LogP contribution < -0.4 is 29.6 Å². The van der Waals surface area contributed by atoms with Gasteiger partial charge in [-0.2, -0.15) is 16.8 Å². The Morgan fingerprint density at radius 1 is 0.737 bits per heavy atom. The molecular formula is C10H9NaO6S2. The minimum absolute atomic E-state index is 0. The molecule has 2 aromatic rings. The summed E-state index contributed by atoms with van der Waals surface area (Å²) < 4.78 is 62.7. The SMILES string of the molecule is O=S(=O)(O)c1cccc2c(S(=O)(=O)O)cccc12.[H-].[Na+]. The molecule has 0 aliphatic carbocycles. The van der Waals surface area contributed by atoms with Gasteiger partial charge in [0.2, 0.25) is 0 Å². The Kier molecular flexibility index (Phi) is 4.79. The molecule has 98 valence electrons. The van der Waals surface area contributed by atoms with Gasteiger partial charge < -0.3 is 1.43 Å². The van der Waals surface area contributed by atoms with Gasteiger partial charge in [-0.15, -0.1) is 0 Å². The summed E-state index contributed by atoms with van der Waals surface area (Å²) in [5, 5.41) is 0.0465. The molecule has 0 radical (unpaired) electrons. The van der Waals surface area contributed by atoms with E-state index >= 15 is 0 Å². The zero-order valence-electron chi connectivity index (χ0n) is 10.8. The monoisotopic (exact) mass is 312 g/mol. The molecule has 0 spiro atoms. The second-order valence-corrected chi connectivity index (χ2v) is 6.34. The topological polar surface area (TPSA) is 109 Å². The average Bonchev–Trinajstić information content (AvgIpc) is 2.24. The summed E-state index contributed by atoms with van der Waals surface area (Å²) in [6.45, 7) is 0. The van der Waals surface area contributed by atoms with E-state index in [1.165, 1.54) is 24.3 Å². The van der Waals surface area contributed by atoms with Crippen molar-refractivity contribution in [2.75, 3.05) is 0 Å². The van der Waals surface area contributed by atoms with Crippen LogP contribution in [0.4, 0.5) is 0 Å². The van der Waals surface area contributed by atoms with Crippen molar-refractivity contribution >= 4 is 31.0 Å². The summed E-state index contributed by atoms with van der Waals surface area (Å²) in [6.07, 6.45) is 0. The van der Waals surface area contributed by atoms with Gasteiger partial charge in [-0.3, -0.25) is 9.11 Å². The van der Waals surface area contributed by atoms with Crippen LogP contribution in [0.2, 0.25) is 0 Å². The zero-order chi connectivity index (χ0) is 13.6. The maximum atomic E-state index is 11.2. The first-order valence-electron chi connectivity index (χ1n) is 4.68. The van der Waals surface area contributed by atoms with Crippen LogP contribution in [0.1, 0.15) is 1.43 Å². The second-order valence-electron chi connectivity index (χ2n) is 3.56. The van der Waals surface area contributed by atoms with Crippen LogP contribution >= 0.6 is 0 Å². The maximum Gasteiger partial charge on any atom is 1.00 e. The van der Waals surface area contributed by atoms with Gasteiger partial charge >= 0.3 is 29.6 Å². The van der Waals surface area contributed by atoms with Crippen molar-refractivity contribution in [3.05, 3.63) is 36.4 Å². The Morgan fingerprint density at radius 3 is 1.32 bits per heavy atom. The van der Waals surface area contributed by atoms with Crippen molar-refractivity contribution in [2.45, 2.75) is 9.79 Å². The quantitative estimate of drug-likeness (QED) is 0.513. The van der Waals surface area contributed by atoms with Crippen LogP contribution in [0, 0.1) is 0 Å². The predicted molar refractivity (Wildman–Crippen MR) is 64.7 cm³/mol. The molecule has 0 heterocycles. The Bertz CT molecular complexity index is 761. The number of hydrogen-bond donors (Lipinski definition) is 2. The molecule has 2 N–H and O–H groups in total. The molecule has 0 fully saturated rings. The number of benzene rings is 2. The van der Waals surface area contributed by atoms with Crippen molar-refractivity contribution in [3.8, 4) is 0 Å². The van der Waals surface area contributed by atoms with Gasteiger partial charge in [0.25, 0.3) is 20.2 Å². The smallest absolute Gasteiger partial charge is 1.00 e. The Hall–Kier alpha value is -0.480. The van der Waals surface area contributed by atoms with Gasteiger partial charge in [0.15, 0.2) is 0 Å². The first-order chi connectivity index (χ1) is 8.21. The molecule has 0 bridgehead atoms. The summed E-state index contributed by atoms with van der Waals surface area (Å²) >= 11 is 0. The second kappa shape index (κ2) is 5.49. The molecule has 0 aliphatic heterocycles. The van der Waals surface area contributed by atoms with Gasteiger partial charge in [-0.25, -0.2) is 0 Å². The summed E-state index contributed by atoms with van der Waals surface area (Å²) in [7, 11) is -8.94. The van der Waals surface area contributed by atoms with Crippen LogP contribution in [0.5, 0.6) is 0 Å². The van der Waals surface area contributed by atoms with E-state index in [1.54, 1.807) is 0 Å². The van der Waals surface area contributed by atoms with Gasteiger partial charge in [0.1, 0.15) is 9.79 Å². The van der Waals surface area contributed by atoms with E-state index in [9.17, 15) is 16.8 Å². The molecule has 2 rings (SSSR count). The van der Waals surface area contributed by atoms with Crippen LogP contribution in [0.3, 0.4) is 0 Å². The van der Waals surface area contributed by atoms with E-state index in [0.29, 0.717) is 0 Å². The first-order valence-corrected chi connectivity index (χ1v) is 7.56. The van der Waals surface area contributed by atoms with Crippen molar-refractivity contribution in [3.63, 3.8) is 0 Å². The van der Waals surface area contributed by atoms with Gasteiger partial charge in [-0.05, 0) is 12.1 Å². The third-order valence-electron chi connectivity index (χ3n) is 2.40. The van der Waals surface area contributed by atoms with Crippen molar-refractivity contribution in [1.82, 2.24) is 0 Å². The molecule has 0 unspecified atom stereocenters. The Labute approximate surface area is 133 Å². The van der Waals surface area contributed by atoms with E-state index in [2.05, 4.69) is 0 Å². The first kappa shape index (κ1) is 16.6. The molecule has 2 aromatic carbocycles. The number of fused-ring (bicyclic) bond motifs is 1. The van der Waals surface area contributed by atoms with Gasteiger partial charge in [0.05, 0.1) is 0 Å². The standard InChI is InChI=1S/C10H8O6S2.Na.H/c11-17(12,13)9-5-1-3-7-8(9)4-2-6-10(7)18(14,15)16;;/h1-6H,(H,11,12,13)(H,14,15,16);;/q;+1;-1. The normalized spacial score (nSPS) is 12.1.